The zero-order valence-corrected chi connectivity index (χ0v) is 9.35. The number of nitriles is 1. The first-order valence-corrected chi connectivity index (χ1v) is 4.78. The molecule has 0 fully saturated rings. The number of nitrogens with zero attached hydrogens (tertiary/aromatic N) is 3. The minimum Gasteiger partial charge on any atom is -0.504 e. The molecule has 0 aliphatic heterocycles. The predicted molar refractivity (Wildman–Crippen MR) is 65.0 cm³/mol. The van der Waals surface area contributed by atoms with Crippen LogP contribution in [0.25, 0.3) is 6.08 Å². The number of thiocarbonyl (C=S) groups is 1. The first-order valence-electron chi connectivity index (χ1n) is 4.37. The van der Waals surface area contributed by atoms with Crippen LogP contribution in [-0.4, -0.2) is 15.2 Å². The van der Waals surface area contributed by atoms with Crippen LogP contribution < -0.4 is 5.84 Å². The number of phenolic OH excluding ortho intramolecular Hbond substituents is 2. The molecule has 0 aliphatic rings. The Hall–Kier alpha value is -2.46. The van der Waals surface area contributed by atoms with E-state index >= 15 is 0 Å². The third-order valence-corrected chi connectivity index (χ3v) is 2.11. The molecule has 0 bridgehead atoms. The number of nitrogens with two attached hydrogens (primary N) is 1. The highest BCUT2D eigenvalue weighted by Crippen LogP contribution is 2.26. The van der Waals surface area contributed by atoms with Gasteiger partial charge in [0.1, 0.15) is 6.07 Å². The molecule has 6 nitrogen and oxygen atoms in total. The normalized spacial score (nSPS) is 11.4. The van der Waals surface area contributed by atoms with Crippen molar-refractivity contribution in [3.05, 3.63) is 29.3 Å². The second-order valence-corrected chi connectivity index (χ2v) is 3.33. The highest BCUT2D eigenvalue weighted by Gasteiger charge is 2.05. The minimum absolute atomic E-state index is 0.0532. The number of hydrogen-bond acceptors (Lipinski definition) is 5. The van der Waals surface area contributed by atoms with Crippen molar-refractivity contribution in [1.29, 1.82) is 5.26 Å². The quantitative estimate of drug-likeness (QED) is 0.140. The van der Waals surface area contributed by atoms with E-state index in [0.29, 0.717) is 5.56 Å². The van der Waals surface area contributed by atoms with Crippen LogP contribution in [0, 0.1) is 11.3 Å². The molecule has 1 rings (SSSR count). The fourth-order valence-corrected chi connectivity index (χ4v) is 1.20. The topological polar surface area (TPSA) is 115 Å². The van der Waals surface area contributed by atoms with E-state index in [-0.39, 0.29) is 22.1 Å². The van der Waals surface area contributed by atoms with Crippen molar-refractivity contribution in [1.82, 2.24) is 0 Å². The van der Waals surface area contributed by atoms with E-state index in [4.69, 9.17) is 28.4 Å². The standard InChI is InChI=1S/C10H8N4O2S/c11-5-7(10(17)13-14-12)3-6-1-2-8(15)9(16)4-6/h1-4,15-16H,(H2,12,13,17)/b7-3+. The molecule has 1 aromatic rings. The van der Waals surface area contributed by atoms with Crippen LogP contribution in [0.1, 0.15) is 5.56 Å². The SMILES string of the molecule is N#C/C(=C\c1ccc(O)c(O)c1)C(=S)N=NN. The van der Waals surface area contributed by atoms with Gasteiger partial charge in [-0.2, -0.15) is 5.26 Å². The van der Waals surface area contributed by atoms with E-state index in [2.05, 4.69) is 10.3 Å². The summed E-state index contributed by atoms with van der Waals surface area (Å²) in [6.07, 6.45) is 1.40. The Labute approximate surface area is 102 Å². The molecule has 0 amide bonds. The summed E-state index contributed by atoms with van der Waals surface area (Å²) in [6, 6.07) is 5.93. The maximum absolute atomic E-state index is 9.27. The number of phenols is 2. The zero-order chi connectivity index (χ0) is 12.8. The van der Waals surface area contributed by atoms with Gasteiger partial charge in [-0.15, -0.1) is 5.11 Å². The molecule has 7 heteroatoms. The van der Waals surface area contributed by atoms with Gasteiger partial charge in [-0.25, -0.2) is 0 Å². The number of benzene rings is 1. The highest BCUT2D eigenvalue weighted by molar-refractivity contribution is 7.80. The first-order chi connectivity index (χ1) is 8.08. The number of rotatable bonds is 2. The fourth-order valence-electron chi connectivity index (χ4n) is 1.05. The number of hydrogen-bond donors (Lipinski definition) is 3. The fraction of sp³-hybridized carbons (Fsp3) is 0. The molecule has 1 aromatic carbocycles. The second-order valence-electron chi connectivity index (χ2n) is 2.94. The van der Waals surface area contributed by atoms with Gasteiger partial charge in [-0.05, 0) is 23.8 Å². The van der Waals surface area contributed by atoms with E-state index in [9.17, 15) is 5.11 Å². The Morgan fingerprint density at radius 3 is 2.65 bits per heavy atom. The van der Waals surface area contributed by atoms with Crippen molar-refractivity contribution in [2.24, 2.45) is 16.2 Å². The summed E-state index contributed by atoms with van der Waals surface area (Å²) in [5, 5.41) is 33.6. The third-order valence-electron chi connectivity index (χ3n) is 1.81. The molecule has 0 saturated heterocycles. The van der Waals surface area contributed by atoms with Crippen LogP contribution in [0.15, 0.2) is 34.1 Å². The molecule has 0 heterocycles. The predicted octanol–water partition coefficient (Wildman–Crippen LogP) is 1.66. The Kier molecular flexibility index (Phi) is 4.14. The monoisotopic (exact) mass is 248 g/mol. The Bertz CT molecular complexity index is 546. The lowest BCUT2D eigenvalue weighted by Gasteiger charge is -1.99. The van der Waals surface area contributed by atoms with Gasteiger partial charge in [0.05, 0.1) is 5.57 Å². The summed E-state index contributed by atoms with van der Waals surface area (Å²) in [4.78, 5) is -0.0532. The highest BCUT2D eigenvalue weighted by atomic mass is 32.1. The maximum atomic E-state index is 9.27. The summed E-state index contributed by atoms with van der Waals surface area (Å²) in [5.74, 6) is 4.29. The van der Waals surface area contributed by atoms with E-state index in [1.54, 1.807) is 0 Å². The van der Waals surface area contributed by atoms with Crippen LogP contribution in [0.3, 0.4) is 0 Å². The van der Waals surface area contributed by atoms with Gasteiger partial charge >= 0.3 is 0 Å². The number of aromatic hydroxyl groups is 2. The average Bonchev–Trinajstić information content (AvgIpc) is 2.30. The van der Waals surface area contributed by atoms with Crippen molar-refractivity contribution >= 4 is 23.3 Å². The molecule has 0 aromatic heterocycles. The second kappa shape index (κ2) is 5.58. The lowest BCUT2D eigenvalue weighted by Crippen LogP contribution is -1.94. The van der Waals surface area contributed by atoms with E-state index in [1.165, 1.54) is 24.3 Å². The summed E-state index contributed by atoms with van der Waals surface area (Å²) in [6.45, 7) is 0. The molecule has 0 aliphatic carbocycles. The lowest BCUT2D eigenvalue weighted by molar-refractivity contribution is 0.403. The van der Waals surface area contributed by atoms with Gasteiger partial charge in [0.2, 0.25) is 0 Å². The Morgan fingerprint density at radius 1 is 1.41 bits per heavy atom. The Morgan fingerprint density at radius 2 is 2.12 bits per heavy atom. The molecular weight excluding hydrogens is 240 g/mol. The molecule has 0 unspecified atom stereocenters. The van der Waals surface area contributed by atoms with Crippen LogP contribution in [0.2, 0.25) is 0 Å². The molecule has 4 N–H and O–H groups in total. The van der Waals surface area contributed by atoms with E-state index in [1.807, 2.05) is 6.07 Å². The third kappa shape index (κ3) is 3.25. The van der Waals surface area contributed by atoms with Crippen molar-refractivity contribution < 1.29 is 10.2 Å². The summed E-state index contributed by atoms with van der Waals surface area (Å²) < 4.78 is 0. The average molecular weight is 248 g/mol. The summed E-state index contributed by atoms with van der Waals surface area (Å²) >= 11 is 4.79. The molecule has 0 spiro atoms. The molecule has 86 valence electrons. The van der Waals surface area contributed by atoms with E-state index < -0.39 is 0 Å². The maximum Gasteiger partial charge on any atom is 0.168 e. The molecule has 0 atom stereocenters. The smallest absolute Gasteiger partial charge is 0.168 e. The van der Waals surface area contributed by atoms with Gasteiger partial charge < -0.3 is 16.1 Å². The van der Waals surface area contributed by atoms with Crippen LogP contribution in [0.4, 0.5) is 0 Å². The minimum atomic E-state index is -0.289. The summed E-state index contributed by atoms with van der Waals surface area (Å²) in [7, 11) is 0. The molecule has 17 heavy (non-hydrogen) atoms. The van der Waals surface area contributed by atoms with Crippen molar-refractivity contribution in [2.45, 2.75) is 0 Å². The first kappa shape index (κ1) is 12.6. The van der Waals surface area contributed by atoms with E-state index in [0.717, 1.165) is 0 Å². The zero-order valence-electron chi connectivity index (χ0n) is 8.53. The van der Waals surface area contributed by atoms with Crippen molar-refractivity contribution in [2.75, 3.05) is 0 Å². The van der Waals surface area contributed by atoms with Crippen molar-refractivity contribution in [3.8, 4) is 17.6 Å². The van der Waals surface area contributed by atoms with Gasteiger partial charge in [-0.3, -0.25) is 0 Å². The van der Waals surface area contributed by atoms with Gasteiger partial charge in [0.25, 0.3) is 0 Å². The summed E-state index contributed by atoms with van der Waals surface area (Å²) in [5.41, 5.74) is 0.575. The van der Waals surface area contributed by atoms with Gasteiger partial charge in [0, 0.05) is 0 Å². The van der Waals surface area contributed by atoms with Crippen molar-refractivity contribution in [3.63, 3.8) is 0 Å². The Balaban J connectivity index is 3.12. The molecular formula is C10H8N4O2S. The van der Waals surface area contributed by atoms with Gasteiger partial charge in [-0.1, -0.05) is 23.5 Å². The van der Waals surface area contributed by atoms with Crippen LogP contribution in [0.5, 0.6) is 11.5 Å². The van der Waals surface area contributed by atoms with Gasteiger partial charge in [0.15, 0.2) is 16.5 Å². The lowest BCUT2D eigenvalue weighted by atomic mass is 10.1. The largest absolute Gasteiger partial charge is 0.504 e. The van der Waals surface area contributed by atoms with Crippen LogP contribution >= 0.6 is 12.2 Å². The molecule has 0 radical (unpaired) electrons. The molecule has 0 saturated carbocycles. The van der Waals surface area contributed by atoms with Crippen LogP contribution in [-0.2, 0) is 0 Å².